The largest absolute Gasteiger partial charge is 0.507 e. The molecule has 6 heteroatoms. The molecule has 1 amide bonds. The molecular formula is C21H22ClN3O2. The number of amides is 1. The predicted molar refractivity (Wildman–Crippen MR) is 109 cm³/mol. The van der Waals surface area contributed by atoms with Gasteiger partial charge in [0.2, 0.25) is 0 Å². The molecular weight excluding hydrogens is 362 g/mol. The fourth-order valence-corrected chi connectivity index (χ4v) is 3.21. The number of nitrogens with zero attached hydrogens (tertiary/aromatic N) is 1. The number of benzene rings is 2. The van der Waals surface area contributed by atoms with Gasteiger partial charge in [-0.15, -0.1) is 0 Å². The van der Waals surface area contributed by atoms with Crippen LogP contribution in [0.1, 0.15) is 46.9 Å². The van der Waals surface area contributed by atoms with Crippen molar-refractivity contribution in [2.45, 2.75) is 33.6 Å². The normalized spacial score (nSPS) is 11.0. The van der Waals surface area contributed by atoms with Gasteiger partial charge in [0.05, 0.1) is 5.69 Å². The molecule has 0 aliphatic carbocycles. The summed E-state index contributed by atoms with van der Waals surface area (Å²) >= 11 is 6.13. The van der Waals surface area contributed by atoms with Gasteiger partial charge < -0.3 is 10.4 Å². The van der Waals surface area contributed by atoms with Crippen molar-refractivity contribution < 1.29 is 9.90 Å². The number of aromatic hydroxyl groups is 1. The molecule has 0 aliphatic heterocycles. The first kappa shape index (κ1) is 19.0. The zero-order valence-electron chi connectivity index (χ0n) is 15.7. The van der Waals surface area contributed by atoms with Gasteiger partial charge in [-0.3, -0.25) is 9.89 Å². The first-order valence-electron chi connectivity index (χ1n) is 8.73. The molecule has 0 saturated carbocycles. The maximum absolute atomic E-state index is 12.5. The first-order chi connectivity index (χ1) is 12.8. The van der Waals surface area contributed by atoms with Crippen molar-refractivity contribution in [3.05, 3.63) is 63.8 Å². The number of aromatic nitrogens is 2. The van der Waals surface area contributed by atoms with Gasteiger partial charge in [-0.2, -0.15) is 5.10 Å². The molecule has 5 nitrogen and oxygen atoms in total. The van der Waals surface area contributed by atoms with Crippen molar-refractivity contribution in [2.24, 2.45) is 0 Å². The van der Waals surface area contributed by atoms with Crippen LogP contribution in [0.2, 0.25) is 5.02 Å². The number of hydrogen-bond acceptors (Lipinski definition) is 3. The molecule has 0 aliphatic rings. The smallest absolute Gasteiger partial charge is 0.273 e. The molecule has 0 fully saturated rings. The second-order valence-corrected chi connectivity index (χ2v) is 7.37. The number of halogens is 1. The summed E-state index contributed by atoms with van der Waals surface area (Å²) in [5.74, 6) is 0.192. The number of rotatable bonds is 4. The Kier molecular flexibility index (Phi) is 5.24. The molecule has 0 spiro atoms. The number of phenolic OH excluding ortho intramolecular Hbond substituents is 1. The Hall–Kier alpha value is -2.79. The average Bonchev–Trinajstić information content (AvgIpc) is 3.07. The van der Waals surface area contributed by atoms with Crippen molar-refractivity contribution in [3.8, 4) is 17.0 Å². The minimum atomic E-state index is -0.303. The maximum Gasteiger partial charge on any atom is 0.273 e. The first-order valence-corrected chi connectivity index (χ1v) is 9.11. The van der Waals surface area contributed by atoms with Crippen LogP contribution < -0.4 is 5.32 Å². The van der Waals surface area contributed by atoms with Crippen molar-refractivity contribution >= 4 is 23.2 Å². The number of H-pyrrole nitrogens is 1. The number of carbonyl (C=O) groups is 1. The Balaban J connectivity index is 1.82. The lowest BCUT2D eigenvalue weighted by molar-refractivity contribution is 0.102. The molecule has 0 atom stereocenters. The number of hydrogen-bond donors (Lipinski definition) is 3. The average molecular weight is 384 g/mol. The minimum absolute atomic E-state index is 0.0651. The third-order valence-corrected chi connectivity index (χ3v) is 4.93. The van der Waals surface area contributed by atoms with E-state index in [2.05, 4.69) is 29.4 Å². The molecule has 0 unspecified atom stereocenters. The summed E-state index contributed by atoms with van der Waals surface area (Å²) in [6.07, 6.45) is 0. The Labute approximate surface area is 163 Å². The molecule has 0 saturated heterocycles. The van der Waals surface area contributed by atoms with Crippen LogP contribution in [0.4, 0.5) is 5.69 Å². The number of carbonyl (C=O) groups excluding carboxylic acids is 1. The number of aromatic amines is 1. The summed E-state index contributed by atoms with van der Waals surface area (Å²) in [7, 11) is 0. The van der Waals surface area contributed by atoms with Crippen LogP contribution in [0.15, 0.2) is 36.4 Å². The van der Waals surface area contributed by atoms with E-state index in [9.17, 15) is 9.90 Å². The van der Waals surface area contributed by atoms with E-state index in [1.807, 2.05) is 32.0 Å². The maximum atomic E-state index is 12.5. The molecule has 3 rings (SSSR count). The zero-order chi connectivity index (χ0) is 19.7. The van der Waals surface area contributed by atoms with E-state index in [0.717, 1.165) is 16.8 Å². The van der Waals surface area contributed by atoms with E-state index in [-0.39, 0.29) is 11.7 Å². The molecule has 3 aromatic rings. The Morgan fingerprint density at radius 3 is 2.56 bits per heavy atom. The molecule has 140 valence electrons. The van der Waals surface area contributed by atoms with E-state index in [4.69, 9.17) is 11.6 Å². The number of phenols is 1. The highest BCUT2D eigenvalue weighted by molar-refractivity contribution is 6.31. The topological polar surface area (TPSA) is 78.0 Å². The quantitative estimate of drug-likeness (QED) is 0.562. The van der Waals surface area contributed by atoms with E-state index in [1.54, 1.807) is 18.2 Å². The van der Waals surface area contributed by atoms with Crippen LogP contribution in [0.3, 0.4) is 0 Å². The summed E-state index contributed by atoms with van der Waals surface area (Å²) in [6.45, 7) is 8.12. The second kappa shape index (κ2) is 7.45. The van der Waals surface area contributed by atoms with Gasteiger partial charge >= 0.3 is 0 Å². The Morgan fingerprint density at radius 2 is 1.89 bits per heavy atom. The summed E-state index contributed by atoms with van der Waals surface area (Å²) < 4.78 is 0. The SMILES string of the molecule is Cc1cc(O)c(-c2cc(C(=O)Nc3ccc(C(C)C)c(C)c3)[nH]n2)cc1Cl. The van der Waals surface area contributed by atoms with E-state index in [0.29, 0.717) is 27.9 Å². The van der Waals surface area contributed by atoms with Crippen LogP contribution in [0.5, 0.6) is 5.75 Å². The van der Waals surface area contributed by atoms with Gasteiger partial charge in [0.15, 0.2) is 0 Å². The molecule has 1 heterocycles. The van der Waals surface area contributed by atoms with Crippen LogP contribution in [-0.2, 0) is 0 Å². The third kappa shape index (κ3) is 3.98. The molecule has 27 heavy (non-hydrogen) atoms. The second-order valence-electron chi connectivity index (χ2n) is 6.97. The lowest BCUT2D eigenvalue weighted by Gasteiger charge is -2.11. The lowest BCUT2D eigenvalue weighted by atomic mass is 9.98. The minimum Gasteiger partial charge on any atom is -0.507 e. The highest BCUT2D eigenvalue weighted by atomic mass is 35.5. The summed E-state index contributed by atoms with van der Waals surface area (Å²) in [6, 6.07) is 10.7. The molecule has 3 N–H and O–H groups in total. The molecule has 0 bridgehead atoms. The van der Waals surface area contributed by atoms with Crippen molar-refractivity contribution in [1.29, 1.82) is 0 Å². The van der Waals surface area contributed by atoms with Gasteiger partial charge in [-0.1, -0.05) is 31.5 Å². The molecule has 2 aromatic carbocycles. The lowest BCUT2D eigenvalue weighted by Crippen LogP contribution is -2.12. The van der Waals surface area contributed by atoms with Crippen molar-refractivity contribution in [1.82, 2.24) is 10.2 Å². The fourth-order valence-electron chi connectivity index (χ4n) is 3.05. The predicted octanol–water partition coefficient (Wildman–Crippen LogP) is 5.43. The van der Waals surface area contributed by atoms with Crippen LogP contribution in [0.25, 0.3) is 11.3 Å². The fraction of sp³-hybridized carbons (Fsp3) is 0.238. The highest BCUT2D eigenvalue weighted by Gasteiger charge is 2.15. The van der Waals surface area contributed by atoms with Crippen LogP contribution in [0, 0.1) is 13.8 Å². The zero-order valence-corrected chi connectivity index (χ0v) is 16.5. The summed E-state index contributed by atoms with van der Waals surface area (Å²) in [5.41, 5.74) is 5.09. The number of anilines is 1. The Morgan fingerprint density at radius 1 is 1.15 bits per heavy atom. The van der Waals surface area contributed by atoms with E-state index >= 15 is 0 Å². The molecule has 0 radical (unpaired) electrons. The van der Waals surface area contributed by atoms with E-state index in [1.165, 1.54) is 5.56 Å². The summed E-state index contributed by atoms with van der Waals surface area (Å²) in [4.78, 5) is 12.5. The van der Waals surface area contributed by atoms with Gasteiger partial charge in [-0.05, 0) is 66.8 Å². The van der Waals surface area contributed by atoms with Crippen molar-refractivity contribution in [3.63, 3.8) is 0 Å². The number of nitrogens with one attached hydrogen (secondary N) is 2. The van der Waals surface area contributed by atoms with Crippen molar-refractivity contribution in [2.75, 3.05) is 5.32 Å². The third-order valence-electron chi connectivity index (χ3n) is 4.53. The van der Waals surface area contributed by atoms with Gasteiger partial charge in [-0.25, -0.2) is 0 Å². The van der Waals surface area contributed by atoms with Crippen LogP contribution in [-0.4, -0.2) is 21.2 Å². The van der Waals surface area contributed by atoms with Crippen LogP contribution >= 0.6 is 11.6 Å². The van der Waals surface area contributed by atoms with Gasteiger partial charge in [0.1, 0.15) is 11.4 Å². The van der Waals surface area contributed by atoms with Gasteiger partial charge in [0.25, 0.3) is 5.91 Å². The van der Waals surface area contributed by atoms with Gasteiger partial charge in [0, 0.05) is 16.3 Å². The summed E-state index contributed by atoms with van der Waals surface area (Å²) in [5, 5.41) is 20.4. The molecule has 1 aromatic heterocycles. The Bertz CT molecular complexity index is 1010. The standard InChI is InChI=1S/C21H22ClN3O2/c1-11(2)15-6-5-14(7-12(15)3)23-21(27)19-10-18(24-25-19)16-9-17(22)13(4)8-20(16)26/h5-11,26H,1-4H3,(H,23,27)(H,24,25). The highest BCUT2D eigenvalue weighted by Crippen LogP contribution is 2.33. The van der Waals surface area contributed by atoms with E-state index < -0.39 is 0 Å². The monoisotopic (exact) mass is 383 g/mol. The number of aryl methyl sites for hydroxylation is 2.